The Balaban J connectivity index is 2.57. The number of oxazole rings is 1. The molecular weight excluding hydrogens is 164 g/mol. The van der Waals surface area contributed by atoms with Crippen LogP contribution in [-0.4, -0.2) is 4.98 Å². The Morgan fingerprint density at radius 1 is 1.38 bits per heavy atom. The van der Waals surface area contributed by atoms with E-state index in [1.165, 1.54) is 0 Å². The van der Waals surface area contributed by atoms with Gasteiger partial charge in [-0.15, -0.1) is 0 Å². The molecule has 0 saturated heterocycles. The molecule has 0 amide bonds. The third kappa shape index (κ3) is 1.40. The van der Waals surface area contributed by atoms with Crippen LogP contribution < -0.4 is 5.73 Å². The van der Waals surface area contributed by atoms with Crippen LogP contribution >= 0.6 is 0 Å². The van der Waals surface area contributed by atoms with Gasteiger partial charge in [0.05, 0.1) is 6.20 Å². The molecule has 0 atom stereocenters. The fraction of sp³-hybridized carbons (Fsp3) is 0.100. The van der Waals surface area contributed by atoms with Crippen molar-refractivity contribution in [3.8, 4) is 11.5 Å². The van der Waals surface area contributed by atoms with Gasteiger partial charge < -0.3 is 10.2 Å². The maximum Gasteiger partial charge on any atom is 0.226 e. The van der Waals surface area contributed by atoms with E-state index in [9.17, 15) is 0 Å². The first-order chi connectivity index (χ1) is 6.27. The van der Waals surface area contributed by atoms with Crippen LogP contribution in [0.5, 0.6) is 0 Å². The minimum Gasteiger partial charge on any atom is -0.445 e. The molecule has 2 aromatic rings. The van der Waals surface area contributed by atoms with Crippen molar-refractivity contribution in [1.82, 2.24) is 4.98 Å². The number of nitrogen functional groups attached to an aromatic ring is 1. The maximum absolute atomic E-state index is 5.66. The summed E-state index contributed by atoms with van der Waals surface area (Å²) in [6.45, 7) is 2.00. The van der Waals surface area contributed by atoms with Crippen LogP contribution in [0.4, 0.5) is 5.69 Å². The summed E-state index contributed by atoms with van der Waals surface area (Å²) in [5.74, 6) is 0.616. The van der Waals surface area contributed by atoms with E-state index in [0.717, 1.165) is 16.8 Å². The number of hydrogen-bond acceptors (Lipinski definition) is 3. The average molecular weight is 174 g/mol. The zero-order chi connectivity index (χ0) is 9.26. The average Bonchev–Trinajstić information content (AvgIpc) is 2.61. The molecule has 2 rings (SSSR count). The normalized spacial score (nSPS) is 10.2. The second-order valence-corrected chi connectivity index (χ2v) is 2.91. The lowest BCUT2D eigenvalue weighted by atomic mass is 10.1. The van der Waals surface area contributed by atoms with E-state index in [4.69, 9.17) is 10.2 Å². The summed E-state index contributed by atoms with van der Waals surface area (Å²) in [7, 11) is 0. The molecule has 3 nitrogen and oxygen atoms in total. The topological polar surface area (TPSA) is 52.0 Å². The van der Waals surface area contributed by atoms with Gasteiger partial charge in [-0.05, 0) is 24.6 Å². The third-order valence-electron chi connectivity index (χ3n) is 1.92. The second kappa shape index (κ2) is 2.94. The Kier molecular flexibility index (Phi) is 1.77. The van der Waals surface area contributed by atoms with Crippen LogP contribution in [0, 0.1) is 6.92 Å². The molecule has 66 valence electrons. The van der Waals surface area contributed by atoms with E-state index in [1.54, 1.807) is 12.5 Å². The summed E-state index contributed by atoms with van der Waals surface area (Å²) >= 11 is 0. The van der Waals surface area contributed by atoms with Crippen molar-refractivity contribution in [3.05, 3.63) is 36.2 Å². The lowest BCUT2D eigenvalue weighted by Crippen LogP contribution is -1.88. The standard InChI is InChI=1S/C10H10N2O/c1-7-2-3-8(11)6-9(7)10-12-4-5-13-10/h2-6H,11H2,1H3. The summed E-state index contributed by atoms with van der Waals surface area (Å²) < 4.78 is 5.19. The summed E-state index contributed by atoms with van der Waals surface area (Å²) in [6.07, 6.45) is 3.18. The number of aryl methyl sites for hydroxylation is 1. The molecule has 1 aromatic heterocycles. The van der Waals surface area contributed by atoms with Crippen LogP contribution in [0.1, 0.15) is 5.56 Å². The van der Waals surface area contributed by atoms with Crippen LogP contribution in [0.25, 0.3) is 11.5 Å². The van der Waals surface area contributed by atoms with Crippen LogP contribution in [0.2, 0.25) is 0 Å². The zero-order valence-corrected chi connectivity index (χ0v) is 7.32. The molecule has 0 aliphatic rings. The first-order valence-electron chi connectivity index (χ1n) is 4.03. The molecular formula is C10H10N2O. The predicted molar refractivity (Wildman–Crippen MR) is 51.1 cm³/mol. The quantitative estimate of drug-likeness (QED) is 0.674. The molecule has 0 saturated carbocycles. The van der Waals surface area contributed by atoms with E-state index in [0.29, 0.717) is 5.89 Å². The van der Waals surface area contributed by atoms with Gasteiger partial charge in [-0.1, -0.05) is 6.07 Å². The Hall–Kier alpha value is -1.77. The fourth-order valence-corrected chi connectivity index (χ4v) is 1.23. The van der Waals surface area contributed by atoms with Crippen molar-refractivity contribution in [3.63, 3.8) is 0 Å². The highest BCUT2D eigenvalue weighted by molar-refractivity contribution is 5.63. The minimum absolute atomic E-state index is 0.616. The van der Waals surface area contributed by atoms with Crippen molar-refractivity contribution in [1.29, 1.82) is 0 Å². The molecule has 0 aliphatic heterocycles. The molecule has 1 heterocycles. The third-order valence-corrected chi connectivity index (χ3v) is 1.92. The summed E-state index contributed by atoms with van der Waals surface area (Å²) in [6, 6.07) is 5.68. The fourth-order valence-electron chi connectivity index (χ4n) is 1.23. The van der Waals surface area contributed by atoms with Crippen molar-refractivity contribution in [2.24, 2.45) is 0 Å². The summed E-state index contributed by atoms with van der Waals surface area (Å²) in [5, 5.41) is 0. The number of nitrogens with zero attached hydrogens (tertiary/aromatic N) is 1. The molecule has 0 aliphatic carbocycles. The van der Waals surface area contributed by atoms with Gasteiger partial charge in [-0.3, -0.25) is 0 Å². The largest absolute Gasteiger partial charge is 0.445 e. The monoisotopic (exact) mass is 174 g/mol. The molecule has 0 bridgehead atoms. The molecule has 1 aromatic carbocycles. The lowest BCUT2D eigenvalue weighted by molar-refractivity contribution is 0.574. The highest BCUT2D eigenvalue weighted by Gasteiger charge is 2.05. The number of hydrogen-bond donors (Lipinski definition) is 1. The van der Waals surface area contributed by atoms with Crippen LogP contribution in [-0.2, 0) is 0 Å². The van der Waals surface area contributed by atoms with Crippen molar-refractivity contribution >= 4 is 5.69 Å². The number of rotatable bonds is 1. The van der Waals surface area contributed by atoms with Crippen LogP contribution in [0.15, 0.2) is 35.1 Å². The van der Waals surface area contributed by atoms with Gasteiger partial charge in [0.15, 0.2) is 0 Å². The molecule has 0 spiro atoms. The van der Waals surface area contributed by atoms with Gasteiger partial charge in [0.25, 0.3) is 0 Å². The molecule has 13 heavy (non-hydrogen) atoms. The zero-order valence-electron chi connectivity index (χ0n) is 7.32. The second-order valence-electron chi connectivity index (χ2n) is 2.91. The number of anilines is 1. The van der Waals surface area contributed by atoms with E-state index in [1.807, 2.05) is 25.1 Å². The maximum atomic E-state index is 5.66. The number of benzene rings is 1. The van der Waals surface area contributed by atoms with Crippen molar-refractivity contribution < 1.29 is 4.42 Å². The Bertz CT molecular complexity index is 407. The SMILES string of the molecule is Cc1ccc(N)cc1-c1ncco1. The molecule has 2 N–H and O–H groups in total. The van der Waals surface area contributed by atoms with Gasteiger partial charge in [-0.25, -0.2) is 4.98 Å². The molecule has 0 fully saturated rings. The number of nitrogens with two attached hydrogens (primary N) is 1. The first-order valence-corrected chi connectivity index (χ1v) is 4.03. The van der Waals surface area contributed by atoms with Gasteiger partial charge in [0.2, 0.25) is 5.89 Å². The summed E-state index contributed by atoms with van der Waals surface area (Å²) in [4.78, 5) is 4.07. The van der Waals surface area contributed by atoms with Crippen LogP contribution in [0.3, 0.4) is 0 Å². The smallest absolute Gasteiger partial charge is 0.226 e. The van der Waals surface area contributed by atoms with E-state index < -0.39 is 0 Å². The van der Waals surface area contributed by atoms with Crippen molar-refractivity contribution in [2.75, 3.05) is 5.73 Å². The summed E-state index contributed by atoms with van der Waals surface area (Å²) in [5.41, 5.74) is 8.44. The molecule has 0 unspecified atom stereocenters. The van der Waals surface area contributed by atoms with Gasteiger partial charge in [0.1, 0.15) is 6.26 Å². The highest BCUT2D eigenvalue weighted by Crippen LogP contribution is 2.23. The Morgan fingerprint density at radius 3 is 2.92 bits per heavy atom. The number of aromatic nitrogens is 1. The first kappa shape index (κ1) is 7.86. The van der Waals surface area contributed by atoms with E-state index in [-0.39, 0.29) is 0 Å². The van der Waals surface area contributed by atoms with Gasteiger partial charge >= 0.3 is 0 Å². The van der Waals surface area contributed by atoms with E-state index in [2.05, 4.69) is 4.98 Å². The van der Waals surface area contributed by atoms with Gasteiger partial charge in [-0.2, -0.15) is 0 Å². The van der Waals surface area contributed by atoms with Gasteiger partial charge in [0, 0.05) is 11.3 Å². The highest BCUT2D eigenvalue weighted by atomic mass is 16.3. The predicted octanol–water partition coefficient (Wildman–Crippen LogP) is 2.23. The minimum atomic E-state index is 0.616. The molecule has 0 radical (unpaired) electrons. The van der Waals surface area contributed by atoms with Crippen molar-refractivity contribution in [2.45, 2.75) is 6.92 Å². The Labute approximate surface area is 76.2 Å². The Morgan fingerprint density at radius 2 is 2.23 bits per heavy atom. The molecule has 3 heteroatoms. The van der Waals surface area contributed by atoms with E-state index >= 15 is 0 Å². The lowest BCUT2D eigenvalue weighted by Gasteiger charge is -2.01.